The highest BCUT2D eigenvalue weighted by Gasteiger charge is 2.26. The summed E-state index contributed by atoms with van der Waals surface area (Å²) in [5.41, 5.74) is 5.41. The number of carbonyl (C=O) groups excluding carboxylic acids is 2. The lowest BCUT2D eigenvalue weighted by atomic mass is 10.0. The number of allylic oxidation sites excluding steroid dienone is 14. The largest absolute Gasteiger partial charge is 0.472 e. The molecule has 0 aliphatic heterocycles. The van der Waals surface area contributed by atoms with Crippen LogP contribution in [0.25, 0.3) is 0 Å². The second-order valence-corrected chi connectivity index (χ2v) is 27.7. The molecule has 9 nitrogen and oxygen atoms in total. The van der Waals surface area contributed by atoms with Gasteiger partial charge in [0.1, 0.15) is 6.61 Å². The van der Waals surface area contributed by atoms with Gasteiger partial charge in [-0.1, -0.05) is 369 Å². The summed E-state index contributed by atoms with van der Waals surface area (Å²) < 4.78 is 33.3. The second-order valence-electron chi connectivity index (χ2n) is 26.2. The minimum atomic E-state index is -4.40. The summed E-state index contributed by atoms with van der Waals surface area (Å²) in [7, 11) is -4.40. The molecular weight excluding hydrogens is 1150 g/mol. The Balaban J connectivity index is 3.77. The number of rotatable bonds is 74. The number of unbranched alkanes of at least 4 members (excludes halogenated alkanes) is 47. The number of esters is 2. The van der Waals surface area contributed by atoms with Gasteiger partial charge in [-0.15, -0.1) is 0 Å². The second kappa shape index (κ2) is 76.2. The molecule has 0 aliphatic carbocycles. The molecule has 0 fully saturated rings. The normalized spacial score (nSPS) is 13.3. The van der Waals surface area contributed by atoms with Crippen LogP contribution < -0.4 is 5.73 Å². The highest BCUT2D eigenvalue weighted by Crippen LogP contribution is 2.43. The lowest BCUT2D eigenvalue weighted by molar-refractivity contribution is -0.161. The fourth-order valence-electron chi connectivity index (χ4n) is 11.5. The summed E-state index contributed by atoms with van der Waals surface area (Å²) >= 11 is 0. The monoisotopic (exact) mass is 1290 g/mol. The Hall–Kier alpha value is -2.81. The Morgan fingerprint density at radius 3 is 0.901 bits per heavy atom. The molecule has 2 atom stereocenters. The van der Waals surface area contributed by atoms with Crippen molar-refractivity contribution >= 4 is 19.8 Å². The third-order valence-corrected chi connectivity index (χ3v) is 18.2. The molecule has 3 N–H and O–H groups in total. The summed E-state index contributed by atoms with van der Waals surface area (Å²) in [6.45, 7) is 3.68. The van der Waals surface area contributed by atoms with Crippen molar-refractivity contribution in [3.63, 3.8) is 0 Å². The number of hydrogen-bond acceptors (Lipinski definition) is 8. The van der Waals surface area contributed by atoms with E-state index in [0.29, 0.717) is 6.42 Å². The zero-order valence-corrected chi connectivity index (χ0v) is 60.7. The summed E-state index contributed by atoms with van der Waals surface area (Å²) in [6.07, 6.45) is 103. The highest BCUT2D eigenvalue weighted by atomic mass is 31.2. The van der Waals surface area contributed by atoms with Gasteiger partial charge in [-0.3, -0.25) is 18.6 Å². The number of phosphoric ester groups is 1. The maximum Gasteiger partial charge on any atom is 0.472 e. The van der Waals surface area contributed by atoms with E-state index in [-0.39, 0.29) is 38.6 Å². The number of carbonyl (C=O) groups is 2. The van der Waals surface area contributed by atoms with Crippen LogP contribution in [0.3, 0.4) is 0 Å². The molecule has 0 saturated carbocycles. The van der Waals surface area contributed by atoms with Crippen molar-refractivity contribution in [3.8, 4) is 0 Å². The van der Waals surface area contributed by atoms with Crippen molar-refractivity contribution in [2.24, 2.45) is 5.73 Å². The van der Waals surface area contributed by atoms with Crippen molar-refractivity contribution in [2.75, 3.05) is 26.4 Å². The van der Waals surface area contributed by atoms with E-state index in [1.807, 2.05) is 0 Å². The van der Waals surface area contributed by atoms with Crippen LogP contribution in [0.5, 0.6) is 0 Å². The molecular formula is C81H148NO8P. The quantitative estimate of drug-likeness (QED) is 0.0264. The lowest BCUT2D eigenvalue weighted by Gasteiger charge is -2.19. The van der Waals surface area contributed by atoms with E-state index in [1.54, 1.807) is 0 Å². The first-order valence-electron chi connectivity index (χ1n) is 39.1. The van der Waals surface area contributed by atoms with Crippen LogP contribution in [0.15, 0.2) is 85.1 Å². The van der Waals surface area contributed by atoms with Gasteiger partial charge in [0.2, 0.25) is 0 Å². The topological polar surface area (TPSA) is 134 Å². The molecule has 0 rings (SSSR count). The minimum absolute atomic E-state index is 0.0543. The third-order valence-electron chi connectivity index (χ3n) is 17.3. The minimum Gasteiger partial charge on any atom is -0.462 e. The fraction of sp³-hybridized carbons (Fsp3) is 0.802. The molecule has 10 heteroatoms. The molecule has 0 aromatic rings. The number of ether oxygens (including phenoxy) is 2. The van der Waals surface area contributed by atoms with E-state index in [0.717, 1.165) is 70.6 Å². The molecule has 0 aromatic heterocycles. The van der Waals surface area contributed by atoms with Gasteiger partial charge in [0, 0.05) is 19.4 Å². The van der Waals surface area contributed by atoms with Crippen molar-refractivity contribution < 1.29 is 37.6 Å². The van der Waals surface area contributed by atoms with Crippen LogP contribution in [0.4, 0.5) is 0 Å². The zero-order valence-electron chi connectivity index (χ0n) is 59.8. The Kier molecular flexibility index (Phi) is 73.9. The van der Waals surface area contributed by atoms with Crippen molar-refractivity contribution in [1.82, 2.24) is 0 Å². The molecule has 2 unspecified atom stereocenters. The fourth-order valence-corrected chi connectivity index (χ4v) is 12.3. The lowest BCUT2D eigenvalue weighted by Crippen LogP contribution is -2.29. The zero-order chi connectivity index (χ0) is 65.8. The molecule has 91 heavy (non-hydrogen) atoms. The smallest absolute Gasteiger partial charge is 0.462 e. The molecule has 0 radical (unpaired) electrons. The summed E-state index contributed by atoms with van der Waals surface area (Å²) in [6, 6.07) is 0. The standard InChI is InChI=1S/C81H148NO8P/c1-3-5-7-9-11-13-15-17-19-21-23-25-27-29-31-33-34-35-36-37-38-39-40-41-42-43-44-46-48-50-52-54-56-58-60-62-64-66-68-70-72-74-81(84)90-79(78-89-91(85,86)88-76-75-82)77-87-80(83)73-71-69-67-65-63-61-59-57-55-53-51-49-47-45-32-30-28-26-24-22-20-18-16-14-12-10-8-6-4-2/h5,7,11,13,16-19,22-25,29,31,79H,3-4,6,8-10,12,14-15,20-21,26-28,30,32-78,82H2,1-2H3,(H,85,86)/b7-5-,13-11-,18-16-,19-17-,24-22-,25-23-,31-29-. The summed E-state index contributed by atoms with van der Waals surface area (Å²) in [5.74, 6) is -0.807. The Morgan fingerprint density at radius 2 is 0.604 bits per heavy atom. The van der Waals surface area contributed by atoms with Crippen LogP contribution in [-0.2, 0) is 32.7 Å². The van der Waals surface area contributed by atoms with Crippen molar-refractivity contribution in [1.29, 1.82) is 0 Å². The number of nitrogens with two attached hydrogens (primary N) is 1. The molecule has 0 amide bonds. The SMILES string of the molecule is CC/C=C\C/C=C\C/C=C\C/C=C\C/C=C\CCCCCCCCCCCCCCCCCCCCCCCCCCCC(=O)OC(COC(=O)CCCCCCCCCCCCCCCCCCC/C=C\C/C=C\CCCCCCC)COP(=O)(O)OCCN. The van der Waals surface area contributed by atoms with E-state index in [2.05, 4.69) is 98.9 Å². The molecule has 0 heterocycles. The third kappa shape index (κ3) is 76.1. The number of hydrogen-bond donors (Lipinski definition) is 2. The van der Waals surface area contributed by atoms with Gasteiger partial charge in [0.15, 0.2) is 6.10 Å². The van der Waals surface area contributed by atoms with E-state index < -0.39 is 26.5 Å². The van der Waals surface area contributed by atoms with Gasteiger partial charge < -0.3 is 20.1 Å². The van der Waals surface area contributed by atoms with Crippen LogP contribution in [0, 0.1) is 0 Å². The Morgan fingerprint density at radius 1 is 0.341 bits per heavy atom. The van der Waals surface area contributed by atoms with Gasteiger partial charge >= 0.3 is 19.8 Å². The maximum absolute atomic E-state index is 12.8. The van der Waals surface area contributed by atoms with Crippen LogP contribution in [0.1, 0.15) is 386 Å². The number of phosphoric acid groups is 1. The highest BCUT2D eigenvalue weighted by molar-refractivity contribution is 7.47. The van der Waals surface area contributed by atoms with E-state index in [4.69, 9.17) is 24.3 Å². The van der Waals surface area contributed by atoms with Crippen LogP contribution >= 0.6 is 7.82 Å². The first-order valence-corrected chi connectivity index (χ1v) is 40.6. The first-order chi connectivity index (χ1) is 44.8. The summed E-state index contributed by atoms with van der Waals surface area (Å²) in [4.78, 5) is 35.4. The maximum atomic E-state index is 12.8. The van der Waals surface area contributed by atoms with Crippen LogP contribution in [0.2, 0.25) is 0 Å². The molecule has 0 saturated heterocycles. The summed E-state index contributed by atoms with van der Waals surface area (Å²) in [5, 5.41) is 0. The van der Waals surface area contributed by atoms with Gasteiger partial charge in [0.25, 0.3) is 0 Å². The van der Waals surface area contributed by atoms with Crippen LogP contribution in [-0.4, -0.2) is 49.3 Å². The van der Waals surface area contributed by atoms with Gasteiger partial charge in [0.05, 0.1) is 13.2 Å². The molecule has 530 valence electrons. The van der Waals surface area contributed by atoms with Gasteiger partial charge in [-0.25, -0.2) is 4.57 Å². The molecule has 0 aliphatic rings. The first kappa shape index (κ1) is 88.2. The van der Waals surface area contributed by atoms with E-state index in [1.165, 1.54) is 283 Å². The van der Waals surface area contributed by atoms with E-state index in [9.17, 15) is 19.0 Å². The molecule has 0 bridgehead atoms. The van der Waals surface area contributed by atoms with Crippen molar-refractivity contribution in [2.45, 2.75) is 392 Å². The average molecular weight is 1300 g/mol. The predicted octanol–water partition coefficient (Wildman–Crippen LogP) is 26.1. The Labute approximate surface area is 564 Å². The Bertz CT molecular complexity index is 1770. The van der Waals surface area contributed by atoms with Crippen molar-refractivity contribution in [3.05, 3.63) is 85.1 Å². The molecule has 0 spiro atoms. The van der Waals surface area contributed by atoms with Gasteiger partial charge in [-0.05, 0) is 89.9 Å². The predicted molar refractivity (Wildman–Crippen MR) is 395 cm³/mol. The van der Waals surface area contributed by atoms with Gasteiger partial charge in [-0.2, -0.15) is 0 Å². The van der Waals surface area contributed by atoms with E-state index >= 15 is 0 Å². The average Bonchev–Trinajstić information content (AvgIpc) is 3.74. The molecule has 0 aromatic carbocycles.